The SMILES string of the molecule is c1ccc(-c2cc(-c3ccccc3)c3sc4c(-c5ccc(-c6cccc7cccnc67)cc5)ccc(-c5nc(-c6ccccc6)nc(-c6ccccc6)n5)c4c3c2)cc1. The van der Waals surface area contributed by atoms with E-state index in [2.05, 4.69) is 158 Å². The number of aromatic nitrogens is 4. The van der Waals surface area contributed by atoms with Crippen molar-refractivity contribution in [1.82, 2.24) is 19.9 Å². The lowest BCUT2D eigenvalue weighted by Gasteiger charge is -2.12. The summed E-state index contributed by atoms with van der Waals surface area (Å²) < 4.78 is 2.40. The van der Waals surface area contributed by atoms with Gasteiger partial charge >= 0.3 is 0 Å². The lowest BCUT2D eigenvalue weighted by molar-refractivity contribution is 1.08. The monoisotopic (exact) mass is 770 g/mol. The Labute approximate surface area is 345 Å². The summed E-state index contributed by atoms with van der Waals surface area (Å²) >= 11 is 1.84. The molecule has 0 amide bonds. The summed E-state index contributed by atoms with van der Waals surface area (Å²) in [6.45, 7) is 0. The van der Waals surface area contributed by atoms with E-state index in [4.69, 9.17) is 19.9 Å². The van der Waals surface area contributed by atoms with Gasteiger partial charge in [0.1, 0.15) is 0 Å². The van der Waals surface area contributed by atoms with Crippen molar-refractivity contribution in [1.29, 1.82) is 0 Å². The molecular formula is C54H34N4S. The summed E-state index contributed by atoms with van der Waals surface area (Å²) in [5, 5.41) is 3.43. The molecule has 0 atom stereocenters. The molecule has 0 radical (unpaired) electrons. The number of nitrogens with zero attached hydrogens (tertiary/aromatic N) is 4. The van der Waals surface area contributed by atoms with Gasteiger partial charge in [-0.05, 0) is 57.6 Å². The molecule has 59 heavy (non-hydrogen) atoms. The molecule has 11 aromatic rings. The van der Waals surface area contributed by atoms with E-state index in [9.17, 15) is 0 Å². The van der Waals surface area contributed by atoms with Gasteiger partial charge in [-0.15, -0.1) is 11.3 Å². The standard InChI is InChI=1S/C54H34N4S/c1-5-15-35(16-6-1)42-33-46(36-17-7-2-8-18-36)50-47(34-42)48-45(54-57-52(40-19-9-3-10-20-40)56-53(58-54)41-21-11-4-12-22-41)31-30-44(51(48)59-50)38-28-26-37(27-29-38)43-25-13-23-39-24-14-32-55-49(39)43/h1-34H. The third-order valence-corrected chi connectivity index (χ3v) is 12.3. The van der Waals surface area contributed by atoms with E-state index in [1.807, 2.05) is 60.0 Å². The van der Waals surface area contributed by atoms with Crippen LogP contribution < -0.4 is 0 Å². The minimum atomic E-state index is 0.638. The smallest absolute Gasteiger partial charge is 0.164 e. The van der Waals surface area contributed by atoms with E-state index in [1.165, 1.54) is 31.5 Å². The van der Waals surface area contributed by atoms with Gasteiger partial charge in [-0.1, -0.05) is 176 Å². The molecule has 0 bridgehead atoms. The zero-order valence-electron chi connectivity index (χ0n) is 31.8. The van der Waals surface area contributed by atoms with E-state index in [0.717, 1.165) is 60.8 Å². The predicted molar refractivity (Wildman–Crippen MR) is 246 cm³/mol. The maximum absolute atomic E-state index is 5.25. The number of rotatable bonds is 7. The van der Waals surface area contributed by atoms with Crippen LogP contribution in [0.1, 0.15) is 0 Å². The first-order valence-corrected chi connectivity index (χ1v) is 20.5. The van der Waals surface area contributed by atoms with Crippen molar-refractivity contribution >= 4 is 42.4 Å². The molecule has 0 aliphatic heterocycles. The van der Waals surface area contributed by atoms with Gasteiger partial charge in [0.15, 0.2) is 17.5 Å². The van der Waals surface area contributed by atoms with Crippen molar-refractivity contribution < 1.29 is 0 Å². The largest absolute Gasteiger partial charge is 0.256 e. The molecule has 0 saturated carbocycles. The highest BCUT2D eigenvalue weighted by Crippen LogP contribution is 2.49. The van der Waals surface area contributed by atoms with E-state index >= 15 is 0 Å². The van der Waals surface area contributed by atoms with E-state index in [1.54, 1.807) is 0 Å². The molecule has 0 spiro atoms. The molecule has 0 aliphatic rings. The fourth-order valence-corrected chi connectivity index (χ4v) is 9.50. The molecule has 3 aromatic heterocycles. The quantitative estimate of drug-likeness (QED) is 0.162. The molecule has 0 saturated heterocycles. The lowest BCUT2D eigenvalue weighted by atomic mass is 9.93. The number of benzene rings is 8. The highest BCUT2D eigenvalue weighted by molar-refractivity contribution is 7.27. The highest BCUT2D eigenvalue weighted by atomic mass is 32.1. The number of pyridine rings is 1. The second kappa shape index (κ2) is 14.7. The van der Waals surface area contributed by atoms with Crippen LogP contribution in [0.15, 0.2) is 206 Å². The first-order valence-electron chi connectivity index (χ1n) is 19.7. The topological polar surface area (TPSA) is 51.6 Å². The number of fused-ring (bicyclic) bond motifs is 4. The second-order valence-corrected chi connectivity index (χ2v) is 15.6. The van der Waals surface area contributed by atoms with Gasteiger partial charge in [-0.25, -0.2) is 15.0 Å². The van der Waals surface area contributed by atoms with E-state index < -0.39 is 0 Å². The van der Waals surface area contributed by atoms with Gasteiger partial charge in [0.25, 0.3) is 0 Å². The highest BCUT2D eigenvalue weighted by Gasteiger charge is 2.22. The van der Waals surface area contributed by atoms with Crippen LogP contribution in [0.4, 0.5) is 0 Å². The number of para-hydroxylation sites is 1. The Kier molecular flexibility index (Phi) is 8.64. The molecular weight excluding hydrogens is 737 g/mol. The molecule has 8 aromatic carbocycles. The average Bonchev–Trinajstić information content (AvgIpc) is 3.72. The van der Waals surface area contributed by atoms with Gasteiger partial charge in [-0.3, -0.25) is 4.98 Å². The van der Waals surface area contributed by atoms with Crippen molar-refractivity contribution in [3.63, 3.8) is 0 Å². The molecule has 3 heterocycles. The van der Waals surface area contributed by atoms with Crippen molar-refractivity contribution in [3.8, 4) is 78.7 Å². The Morgan fingerprint density at radius 1 is 0.322 bits per heavy atom. The van der Waals surface area contributed by atoms with Crippen molar-refractivity contribution in [2.75, 3.05) is 0 Å². The third kappa shape index (κ3) is 6.35. The summed E-state index contributed by atoms with van der Waals surface area (Å²) in [6, 6.07) is 70.3. The van der Waals surface area contributed by atoms with Crippen molar-refractivity contribution in [2.24, 2.45) is 0 Å². The Morgan fingerprint density at radius 2 is 0.847 bits per heavy atom. The minimum Gasteiger partial charge on any atom is -0.256 e. The normalized spacial score (nSPS) is 11.4. The van der Waals surface area contributed by atoms with Gasteiger partial charge in [0, 0.05) is 59.6 Å². The molecule has 0 aliphatic carbocycles. The van der Waals surface area contributed by atoms with Crippen LogP contribution in [-0.2, 0) is 0 Å². The summed E-state index contributed by atoms with van der Waals surface area (Å²) in [7, 11) is 0. The lowest BCUT2D eigenvalue weighted by Crippen LogP contribution is -2.00. The second-order valence-electron chi connectivity index (χ2n) is 14.6. The predicted octanol–water partition coefficient (Wildman–Crippen LogP) is 14.5. The zero-order chi connectivity index (χ0) is 39.1. The maximum atomic E-state index is 5.25. The molecule has 11 rings (SSSR count). The summed E-state index contributed by atoms with van der Waals surface area (Å²) in [4.78, 5) is 20.3. The molecule has 0 fully saturated rings. The molecule has 276 valence electrons. The van der Waals surface area contributed by atoms with Crippen LogP contribution >= 0.6 is 11.3 Å². The van der Waals surface area contributed by atoms with Gasteiger partial charge in [-0.2, -0.15) is 0 Å². The first kappa shape index (κ1) is 34.6. The van der Waals surface area contributed by atoms with Crippen LogP contribution in [-0.4, -0.2) is 19.9 Å². The number of hydrogen-bond donors (Lipinski definition) is 0. The Morgan fingerprint density at radius 3 is 1.49 bits per heavy atom. The fraction of sp³-hybridized carbons (Fsp3) is 0. The van der Waals surface area contributed by atoms with Crippen LogP contribution in [0.5, 0.6) is 0 Å². The average molecular weight is 771 g/mol. The van der Waals surface area contributed by atoms with E-state index in [-0.39, 0.29) is 0 Å². The number of thiophene rings is 1. The molecule has 5 heteroatoms. The third-order valence-electron chi connectivity index (χ3n) is 11.0. The Balaban J connectivity index is 1.19. The Hall–Kier alpha value is -7.60. The Bertz CT molecular complexity index is 3230. The van der Waals surface area contributed by atoms with E-state index in [0.29, 0.717) is 17.5 Å². The zero-order valence-corrected chi connectivity index (χ0v) is 32.6. The van der Waals surface area contributed by atoms with Crippen LogP contribution in [0.2, 0.25) is 0 Å². The molecule has 0 N–H and O–H groups in total. The summed E-state index contributed by atoms with van der Waals surface area (Å²) in [6.07, 6.45) is 1.87. The van der Waals surface area contributed by atoms with Crippen LogP contribution in [0, 0.1) is 0 Å². The minimum absolute atomic E-state index is 0.638. The fourth-order valence-electron chi connectivity index (χ4n) is 8.12. The first-order chi connectivity index (χ1) is 29.2. The van der Waals surface area contributed by atoms with Gasteiger partial charge in [0.05, 0.1) is 5.52 Å². The van der Waals surface area contributed by atoms with Gasteiger partial charge < -0.3 is 0 Å². The number of hydrogen-bond acceptors (Lipinski definition) is 5. The molecule has 0 unspecified atom stereocenters. The van der Waals surface area contributed by atoms with Crippen LogP contribution in [0.3, 0.4) is 0 Å². The van der Waals surface area contributed by atoms with Crippen molar-refractivity contribution in [3.05, 3.63) is 206 Å². The maximum Gasteiger partial charge on any atom is 0.164 e. The molecule has 4 nitrogen and oxygen atoms in total. The van der Waals surface area contributed by atoms with Gasteiger partial charge in [0.2, 0.25) is 0 Å². The van der Waals surface area contributed by atoms with Crippen LogP contribution in [0.25, 0.3) is 110 Å². The summed E-state index contributed by atoms with van der Waals surface area (Å²) in [5.74, 6) is 1.92. The summed E-state index contributed by atoms with van der Waals surface area (Å²) in [5.41, 5.74) is 13.1. The van der Waals surface area contributed by atoms with Crippen molar-refractivity contribution in [2.45, 2.75) is 0 Å².